The smallest absolute Gasteiger partial charge is 0.115 e. The Hall–Kier alpha value is -1.80. The molecule has 0 aromatic heterocycles. The van der Waals surface area contributed by atoms with Crippen LogP contribution in [-0.2, 0) is 12.0 Å². The molecule has 0 fully saturated rings. The Morgan fingerprint density at radius 1 is 1.11 bits per heavy atom. The first-order valence-corrected chi connectivity index (χ1v) is 6.12. The van der Waals surface area contributed by atoms with E-state index in [-0.39, 0.29) is 5.75 Å². The van der Waals surface area contributed by atoms with Gasteiger partial charge in [-0.05, 0) is 49.1 Å². The van der Waals surface area contributed by atoms with Crippen molar-refractivity contribution >= 4 is 0 Å². The number of aryl methyl sites for hydroxylation is 1. The summed E-state index contributed by atoms with van der Waals surface area (Å²) >= 11 is 0. The summed E-state index contributed by atoms with van der Waals surface area (Å²) in [5.74, 6) is 0.285. The van der Waals surface area contributed by atoms with Crippen LogP contribution < -0.4 is 5.73 Å². The second-order valence-corrected chi connectivity index (χ2v) is 5.08. The molecule has 0 aliphatic carbocycles. The molecule has 18 heavy (non-hydrogen) atoms. The molecule has 2 nitrogen and oxygen atoms in total. The molecule has 0 saturated heterocycles. The van der Waals surface area contributed by atoms with Gasteiger partial charge in [0.1, 0.15) is 5.75 Å². The van der Waals surface area contributed by atoms with Gasteiger partial charge < -0.3 is 10.8 Å². The van der Waals surface area contributed by atoms with E-state index in [1.807, 2.05) is 31.2 Å². The lowest BCUT2D eigenvalue weighted by Crippen LogP contribution is -2.36. The molecular weight excluding hydrogens is 222 g/mol. The molecule has 0 radical (unpaired) electrons. The third-order valence-corrected chi connectivity index (χ3v) is 3.24. The van der Waals surface area contributed by atoms with Gasteiger partial charge in [0.15, 0.2) is 0 Å². The number of phenols is 1. The highest BCUT2D eigenvalue weighted by Crippen LogP contribution is 2.26. The normalized spacial score (nSPS) is 14.2. The Labute approximate surface area is 108 Å². The Kier molecular flexibility index (Phi) is 3.39. The van der Waals surface area contributed by atoms with Gasteiger partial charge in [-0.1, -0.05) is 36.4 Å². The molecule has 0 aliphatic rings. The van der Waals surface area contributed by atoms with E-state index < -0.39 is 5.54 Å². The van der Waals surface area contributed by atoms with Crippen molar-refractivity contribution in [3.8, 4) is 5.75 Å². The van der Waals surface area contributed by atoms with E-state index in [0.29, 0.717) is 6.42 Å². The van der Waals surface area contributed by atoms with Gasteiger partial charge in [-0.25, -0.2) is 0 Å². The van der Waals surface area contributed by atoms with Crippen molar-refractivity contribution in [1.82, 2.24) is 0 Å². The summed E-state index contributed by atoms with van der Waals surface area (Å²) in [4.78, 5) is 0. The summed E-state index contributed by atoms with van der Waals surface area (Å²) in [7, 11) is 0. The Balaban J connectivity index is 2.30. The quantitative estimate of drug-likeness (QED) is 0.867. The average molecular weight is 241 g/mol. The molecule has 2 rings (SSSR count). The van der Waals surface area contributed by atoms with Crippen molar-refractivity contribution in [3.63, 3.8) is 0 Å². The van der Waals surface area contributed by atoms with Crippen LogP contribution in [-0.4, -0.2) is 5.11 Å². The minimum atomic E-state index is -0.431. The van der Waals surface area contributed by atoms with Crippen molar-refractivity contribution in [2.45, 2.75) is 25.8 Å². The summed E-state index contributed by atoms with van der Waals surface area (Å²) in [5, 5.41) is 9.49. The Morgan fingerprint density at radius 2 is 1.83 bits per heavy atom. The first-order valence-electron chi connectivity index (χ1n) is 6.12. The van der Waals surface area contributed by atoms with Gasteiger partial charge in [0.05, 0.1) is 0 Å². The zero-order valence-corrected chi connectivity index (χ0v) is 10.9. The fourth-order valence-corrected chi connectivity index (χ4v) is 2.40. The number of aromatic hydroxyl groups is 1. The minimum Gasteiger partial charge on any atom is -0.508 e. The van der Waals surface area contributed by atoms with Gasteiger partial charge >= 0.3 is 0 Å². The molecule has 94 valence electrons. The highest BCUT2D eigenvalue weighted by atomic mass is 16.3. The maximum absolute atomic E-state index is 9.49. The van der Waals surface area contributed by atoms with Crippen molar-refractivity contribution in [2.24, 2.45) is 5.73 Å². The molecule has 2 aromatic rings. The predicted molar refractivity (Wildman–Crippen MR) is 74.5 cm³/mol. The first kappa shape index (κ1) is 12.7. The fraction of sp³-hybridized carbons (Fsp3) is 0.250. The van der Waals surface area contributed by atoms with Crippen LogP contribution in [0.3, 0.4) is 0 Å². The molecular formula is C16H19NO. The third-order valence-electron chi connectivity index (χ3n) is 3.24. The van der Waals surface area contributed by atoms with Crippen molar-refractivity contribution in [2.75, 3.05) is 0 Å². The maximum atomic E-state index is 9.49. The molecule has 0 spiro atoms. The number of benzene rings is 2. The molecule has 1 unspecified atom stereocenters. The second-order valence-electron chi connectivity index (χ2n) is 5.08. The van der Waals surface area contributed by atoms with E-state index in [4.69, 9.17) is 5.73 Å². The number of hydrogen-bond donors (Lipinski definition) is 2. The van der Waals surface area contributed by atoms with Crippen molar-refractivity contribution in [3.05, 3.63) is 65.2 Å². The van der Waals surface area contributed by atoms with E-state index in [1.54, 1.807) is 12.1 Å². The molecule has 1 atom stereocenters. The SMILES string of the molecule is Cc1ccccc1C(C)(N)Cc1cccc(O)c1. The van der Waals surface area contributed by atoms with Crippen LogP contribution in [0.5, 0.6) is 5.75 Å². The van der Waals surface area contributed by atoms with Gasteiger partial charge in [0.2, 0.25) is 0 Å². The molecule has 3 N–H and O–H groups in total. The summed E-state index contributed by atoms with van der Waals surface area (Å²) in [6.07, 6.45) is 0.701. The monoisotopic (exact) mass is 241 g/mol. The van der Waals surface area contributed by atoms with Crippen LogP contribution in [0.25, 0.3) is 0 Å². The third kappa shape index (κ3) is 2.71. The predicted octanol–water partition coefficient (Wildman–Crippen LogP) is 3.12. The standard InChI is InChI=1S/C16H19NO/c1-12-6-3-4-9-15(12)16(2,17)11-13-7-5-8-14(18)10-13/h3-10,18H,11,17H2,1-2H3. The molecule has 0 aliphatic heterocycles. The van der Waals surface area contributed by atoms with Crippen molar-refractivity contribution < 1.29 is 5.11 Å². The van der Waals surface area contributed by atoms with Crippen LogP contribution in [0.1, 0.15) is 23.6 Å². The number of hydrogen-bond acceptors (Lipinski definition) is 2. The largest absolute Gasteiger partial charge is 0.508 e. The van der Waals surface area contributed by atoms with E-state index in [9.17, 15) is 5.11 Å². The first-order chi connectivity index (χ1) is 8.49. The fourth-order valence-electron chi connectivity index (χ4n) is 2.40. The van der Waals surface area contributed by atoms with Gasteiger partial charge in [0, 0.05) is 5.54 Å². The van der Waals surface area contributed by atoms with Crippen LogP contribution in [0.2, 0.25) is 0 Å². The van der Waals surface area contributed by atoms with E-state index in [2.05, 4.69) is 19.1 Å². The average Bonchev–Trinajstić information content (AvgIpc) is 2.28. The number of rotatable bonds is 3. The molecule has 0 bridgehead atoms. The van der Waals surface area contributed by atoms with Gasteiger partial charge in [-0.15, -0.1) is 0 Å². The lowest BCUT2D eigenvalue weighted by atomic mass is 9.84. The zero-order chi connectivity index (χ0) is 13.2. The topological polar surface area (TPSA) is 46.2 Å². The number of nitrogens with two attached hydrogens (primary N) is 1. The van der Waals surface area contributed by atoms with Crippen LogP contribution in [0.15, 0.2) is 48.5 Å². The summed E-state index contributed by atoms with van der Waals surface area (Å²) < 4.78 is 0. The maximum Gasteiger partial charge on any atom is 0.115 e. The van der Waals surface area contributed by atoms with Gasteiger partial charge in [0.25, 0.3) is 0 Å². The highest BCUT2D eigenvalue weighted by Gasteiger charge is 2.23. The minimum absolute atomic E-state index is 0.285. The second kappa shape index (κ2) is 4.83. The number of phenolic OH excluding ortho intramolecular Hbond substituents is 1. The molecule has 2 heteroatoms. The van der Waals surface area contributed by atoms with Crippen molar-refractivity contribution in [1.29, 1.82) is 0 Å². The molecule has 0 heterocycles. The molecule has 0 saturated carbocycles. The lowest BCUT2D eigenvalue weighted by Gasteiger charge is -2.27. The summed E-state index contributed by atoms with van der Waals surface area (Å²) in [6.45, 7) is 4.10. The zero-order valence-electron chi connectivity index (χ0n) is 10.9. The van der Waals surface area contributed by atoms with E-state index in [0.717, 1.165) is 11.1 Å². The van der Waals surface area contributed by atoms with E-state index >= 15 is 0 Å². The van der Waals surface area contributed by atoms with Crippen LogP contribution in [0.4, 0.5) is 0 Å². The Bertz CT molecular complexity index is 546. The Morgan fingerprint density at radius 3 is 2.50 bits per heavy atom. The highest BCUT2D eigenvalue weighted by molar-refractivity contribution is 5.35. The molecule has 2 aromatic carbocycles. The molecule has 0 amide bonds. The van der Waals surface area contributed by atoms with Crippen LogP contribution in [0, 0.1) is 6.92 Å². The summed E-state index contributed by atoms with van der Waals surface area (Å²) in [5.41, 5.74) is 9.40. The van der Waals surface area contributed by atoms with E-state index in [1.165, 1.54) is 5.56 Å². The summed E-state index contributed by atoms with van der Waals surface area (Å²) in [6, 6.07) is 15.4. The van der Waals surface area contributed by atoms with Gasteiger partial charge in [-0.2, -0.15) is 0 Å². The van der Waals surface area contributed by atoms with Crippen LogP contribution >= 0.6 is 0 Å². The lowest BCUT2D eigenvalue weighted by molar-refractivity contribution is 0.467. The van der Waals surface area contributed by atoms with Gasteiger partial charge in [-0.3, -0.25) is 0 Å².